The Hall–Kier alpha value is -0.0800. The van der Waals surface area contributed by atoms with Crippen molar-refractivity contribution in [1.82, 2.24) is 5.32 Å². The maximum absolute atomic E-state index is 5.59. The Bertz CT molecular complexity index is 150. The summed E-state index contributed by atoms with van der Waals surface area (Å²) in [6.45, 7) is 8.88. The Balaban J connectivity index is 2.07. The lowest BCUT2D eigenvalue weighted by molar-refractivity contribution is 0.102. The topological polar surface area (TPSA) is 21.3 Å². The lowest BCUT2D eigenvalue weighted by Crippen LogP contribution is -2.40. The van der Waals surface area contributed by atoms with Gasteiger partial charge in [-0.25, -0.2) is 0 Å². The average Bonchev–Trinajstić information content (AvgIpc) is 2.56. The second-order valence-electron chi connectivity index (χ2n) is 4.98. The predicted molar refractivity (Wildman–Crippen MR) is 60.6 cm³/mol. The normalized spacial score (nSPS) is 22.9. The Labute approximate surface area is 88.4 Å². The van der Waals surface area contributed by atoms with Crippen LogP contribution in [0.5, 0.6) is 0 Å². The molecule has 14 heavy (non-hydrogen) atoms. The van der Waals surface area contributed by atoms with E-state index in [-0.39, 0.29) is 0 Å². The van der Waals surface area contributed by atoms with Crippen LogP contribution in [0.4, 0.5) is 0 Å². The summed E-state index contributed by atoms with van der Waals surface area (Å²) in [5, 5.41) is 3.61. The van der Waals surface area contributed by atoms with Crippen molar-refractivity contribution in [3.63, 3.8) is 0 Å². The van der Waals surface area contributed by atoms with E-state index in [1.165, 1.54) is 32.1 Å². The Kier molecular flexibility index (Phi) is 4.90. The zero-order valence-electron chi connectivity index (χ0n) is 9.94. The fourth-order valence-corrected chi connectivity index (χ4v) is 2.16. The number of rotatable bonds is 6. The molecule has 0 spiro atoms. The van der Waals surface area contributed by atoms with Gasteiger partial charge in [-0.1, -0.05) is 13.3 Å². The van der Waals surface area contributed by atoms with Crippen LogP contribution in [0.3, 0.4) is 0 Å². The van der Waals surface area contributed by atoms with Crippen LogP contribution in [-0.2, 0) is 4.74 Å². The van der Waals surface area contributed by atoms with E-state index in [4.69, 9.17) is 4.74 Å². The van der Waals surface area contributed by atoms with Gasteiger partial charge in [0.15, 0.2) is 0 Å². The van der Waals surface area contributed by atoms with Crippen molar-refractivity contribution in [3.8, 4) is 0 Å². The van der Waals surface area contributed by atoms with Crippen LogP contribution in [0, 0.1) is 0 Å². The standard InChI is InChI=1S/C12H25NO/c1-4-8-12(2,3)13-9-7-11-6-5-10-14-11/h11,13H,4-10H2,1-3H3. The van der Waals surface area contributed by atoms with Crippen LogP contribution in [0.25, 0.3) is 0 Å². The molecule has 0 saturated carbocycles. The molecule has 1 N–H and O–H groups in total. The Morgan fingerprint density at radius 1 is 1.43 bits per heavy atom. The maximum atomic E-state index is 5.59. The van der Waals surface area contributed by atoms with Gasteiger partial charge in [-0.2, -0.15) is 0 Å². The van der Waals surface area contributed by atoms with Gasteiger partial charge in [-0.05, 0) is 46.1 Å². The Morgan fingerprint density at radius 2 is 2.21 bits per heavy atom. The van der Waals surface area contributed by atoms with Crippen LogP contribution in [0.2, 0.25) is 0 Å². The first-order valence-corrected chi connectivity index (χ1v) is 6.01. The summed E-state index contributed by atoms with van der Waals surface area (Å²) in [6, 6.07) is 0. The molecule has 1 heterocycles. The molecule has 1 aliphatic rings. The van der Waals surface area contributed by atoms with Crippen LogP contribution in [0.15, 0.2) is 0 Å². The van der Waals surface area contributed by atoms with Crippen molar-refractivity contribution in [2.24, 2.45) is 0 Å². The molecule has 1 unspecified atom stereocenters. The molecule has 1 atom stereocenters. The quantitative estimate of drug-likeness (QED) is 0.710. The summed E-state index contributed by atoms with van der Waals surface area (Å²) in [6.07, 6.45) is 6.71. The van der Waals surface area contributed by atoms with Crippen molar-refractivity contribution in [3.05, 3.63) is 0 Å². The van der Waals surface area contributed by atoms with Gasteiger partial charge in [0.25, 0.3) is 0 Å². The zero-order valence-corrected chi connectivity index (χ0v) is 9.94. The van der Waals surface area contributed by atoms with Gasteiger partial charge in [0.1, 0.15) is 0 Å². The van der Waals surface area contributed by atoms with Crippen LogP contribution >= 0.6 is 0 Å². The molecule has 1 fully saturated rings. The lowest BCUT2D eigenvalue weighted by atomic mass is 9.98. The molecule has 0 aromatic carbocycles. The molecule has 0 radical (unpaired) electrons. The van der Waals surface area contributed by atoms with E-state index in [0.29, 0.717) is 11.6 Å². The monoisotopic (exact) mass is 199 g/mol. The predicted octanol–water partition coefficient (Wildman–Crippen LogP) is 2.72. The van der Waals surface area contributed by atoms with E-state index in [2.05, 4.69) is 26.1 Å². The third-order valence-electron chi connectivity index (χ3n) is 2.97. The number of hydrogen-bond donors (Lipinski definition) is 1. The maximum Gasteiger partial charge on any atom is 0.0588 e. The zero-order chi connectivity index (χ0) is 10.4. The van der Waals surface area contributed by atoms with Crippen molar-refractivity contribution in [1.29, 1.82) is 0 Å². The SMILES string of the molecule is CCCC(C)(C)NCCC1CCCO1. The number of nitrogens with one attached hydrogen (secondary N) is 1. The van der Waals surface area contributed by atoms with E-state index < -0.39 is 0 Å². The summed E-state index contributed by atoms with van der Waals surface area (Å²) < 4.78 is 5.59. The molecule has 84 valence electrons. The first kappa shape index (κ1) is 12.0. The Morgan fingerprint density at radius 3 is 2.79 bits per heavy atom. The summed E-state index contributed by atoms with van der Waals surface area (Å²) in [5.41, 5.74) is 0.299. The van der Waals surface area contributed by atoms with Gasteiger partial charge in [-0.15, -0.1) is 0 Å². The summed E-state index contributed by atoms with van der Waals surface area (Å²) in [4.78, 5) is 0. The molecule has 0 bridgehead atoms. The number of hydrogen-bond acceptors (Lipinski definition) is 2. The minimum atomic E-state index is 0.299. The minimum absolute atomic E-state index is 0.299. The van der Waals surface area contributed by atoms with Gasteiger partial charge in [0.2, 0.25) is 0 Å². The lowest BCUT2D eigenvalue weighted by Gasteiger charge is -2.26. The number of ether oxygens (including phenoxy) is 1. The van der Waals surface area contributed by atoms with Crippen molar-refractivity contribution < 1.29 is 4.74 Å². The van der Waals surface area contributed by atoms with Crippen molar-refractivity contribution >= 4 is 0 Å². The molecule has 1 aliphatic heterocycles. The van der Waals surface area contributed by atoms with E-state index in [9.17, 15) is 0 Å². The third kappa shape index (κ3) is 4.43. The van der Waals surface area contributed by atoms with Crippen LogP contribution in [-0.4, -0.2) is 24.8 Å². The molecule has 0 aliphatic carbocycles. The second kappa shape index (κ2) is 5.72. The summed E-state index contributed by atoms with van der Waals surface area (Å²) >= 11 is 0. The van der Waals surface area contributed by atoms with Crippen LogP contribution < -0.4 is 5.32 Å². The van der Waals surface area contributed by atoms with E-state index in [1.54, 1.807) is 0 Å². The van der Waals surface area contributed by atoms with Crippen molar-refractivity contribution in [2.75, 3.05) is 13.2 Å². The van der Waals surface area contributed by atoms with Gasteiger partial charge in [0, 0.05) is 12.1 Å². The first-order chi connectivity index (χ1) is 6.64. The molecule has 2 heteroatoms. The highest BCUT2D eigenvalue weighted by atomic mass is 16.5. The molecular weight excluding hydrogens is 174 g/mol. The van der Waals surface area contributed by atoms with Crippen LogP contribution in [0.1, 0.15) is 52.9 Å². The third-order valence-corrected chi connectivity index (χ3v) is 2.97. The van der Waals surface area contributed by atoms with Gasteiger partial charge in [0.05, 0.1) is 6.10 Å². The van der Waals surface area contributed by atoms with Crippen molar-refractivity contribution in [2.45, 2.75) is 64.5 Å². The fourth-order valence-electron chi connectivity index (χ4n) is 2.16. The van der Waals surface area contributed by atoms with E-state index >= 15 is 0 Å². The molecule has 2 nitrogen and oxygen atoms in total. The highest BCUT2D eigenvalue weighted by Crippen LogP contribution is 2.16. The molecule has 0 aromatic rings. The summed E-state index contributed by atoms with van der Waals surface area (Å²) in [7, 11) is 0. The van der Waals surface area contributed by atoms with Gasteiger partial charge >= 0.3 is 0 Å². The average molecular weight is 199 g/mol. The molecule has 1 saturated heterocycles. The highest BCUT2D eigenvalue weighted by molar-refractivity contribution is 4.77. The largest absolute Gasteiger partial charge is 0.378 e. The van der Waals surface area contributed by atoms with Gasteiger partial charge < -0.3 is 10.1 Å². The fraction of sp³-hybridized carbons (Fsp3) is 1.00. The molecule has 1 rings (SSSR count). The highest BCUT2D eigenvalue weighted by Gasteiger charge is 2.18. The van der Waals surface area contributed by atoms with E-state index in [1.807, 2.05) is 0 Å². The van der Waals surface area contributed by atoms with E-state index in [0.717, 1.165) is 13.2 Å². The summed E-state index contributed by atoms with van der Waals surface area (Å²) in [5.74, 6) is 0. The molecule has 0 amide bonds. The first-order valence-electron chi connectivity index (χ1n) is 6.01. The minimum Gasteiger partial charge on any atom is -0.378 e. The molecular formula is C12H25NO. The van der Waals surface area contributed by atoms with Gasteiger partial charge in [-0.3, -0.25) is 0 Å². The molecule has 0 aromatic heterocycles. The second-order valence-corrected chi connectivity index (χ2v) is 4.98. The smallest absolute Gasteiger partial charge is 0.0588 e.